The lowest BCUT2D eigenvalue weighted by atomic mass is 9.95. The highest BCUT2D eigenvalue weighted by Crippen LogP contribution is 2.21. The fraction of sp³-hybridized carbons (Fsp3) is 0.643. The Balaban J connectivity index is 1.99. The van der Waals surface area contributed by atoms with Crippen LogP contribution in [0.3, 0.4) is 0 Å². The second kappa shape index (κ2) is 6.60. The van der Waals surface area contributed by atoms with Crippen molar-refractivity contribution >= 4 is 12.0 Å². The number of carbonyl (C=O) groups is 2. The van der Waals surface area contributed by atoms with Gasteiger partial charge < -0.3 is 20.3 Å². The maximum Gasteiger partial charge on any atom is 0.326 e. The minimum absolute atomic E-state index is 0.141. The van der Waals surface area contributed by atoms with Crippen LogP contribution in [-0.2, 0) is 11.2 Å². The number of hydrogen-bond donors (Lipinski definition) is 3. The number of hydrogen-bond acceptors (Lipinski definition) is 3. The van der Waals surface area contributed by atoms with Gasteiger partial charge in [0.25, 0.3) is 0 Å². The van der Waals surface area contributed by atoms with Gasteiger partial charge in [-0.3, -0.25) is 0 Å². The molecule has 1 saturated heterocycles. The molecule has 3 N–H and O–H groups in total. The molecule has 1 aromatic rings. The van der Waals surface area contributed by atoms with E-state index in [1.807, 2.05) is 6.92 Å². The molecule has 2 amide bonds. The fourth-order valence-electron chi connectivity index (χ4n) is 2.62. The molecule has 1 aliphatic rings. The summed E-state index contributed by atoms with van der Waals surface area (Å²) in [5.41, 5.74) is 0.683. The molecular weight excluding hydrogens is 272 g/mol. The molecule has 116 valence electrons. The Morgan fingerprint density at radius 3 is 2.90 bits per heavy atom. The Morgan fingerprint density at radius 2 is 2.29 bits per heavy atom. The number of likely N-dealkylation sites (tertiary alicyclic amines) is 1. The van der Waals surface area contributed by atoms with E-state index in [0.717, 1.165) is 12.8 Å². The van der Waals surface area contributed by atoms with Gasteiger partial charge in [0.05, 0.1) is 6.33 Å². The quantitative estimate of drug-likeness (QED) is 0.778. The summed E-state index contributed by atoms with van der Waals surface area (Å²) in [6, 6.07) is -1.12. The van der Waals surface area contributed by atoms with Gasteiger partial charge in [-0.05, 0) is 25.7 Å². The van der Waals surface area contributed by atoms with Gasteiger partial charge in [-0.1, -0.05) is 6.92 Å². The van der Waals surface area contributed by atoms with Crippen molar-refractivity contribution < 1.29 is 14.7 Å². The number of aromatic amines is 1. The number of piperidine rings is 1. The van der Waals surface area contributed by atoms with Crippen molar-refractivity contribution in [2.45, 2.75) is 45.2 Å². The molecule has 21 heavy (non-hydrogen) atoms. The summed E-state index contributed by atoms with van der Waals surface area (Å²) in [6.45, 7) is 4.77. The van der Waals surface area contributed by atoms with Gasteiger partial charge in [-0.15, -0.1) is 0 Å². The van der Waals surface area contributed by atoms with Gasteiger partial charge >= 0.3 is 12.0 Å². The highest BCUT2D eigenvalue weighted by Gasteiger charge is 2.30. The number of carboxylic acid groups (broad SMARTS) is 1. The van der Waals surface area contributed by atoms with Crippen LogP contribution in [0.2, 0.25) is 0 Å². The van der Waals surface area contributed by atoms with Crippen molar-refractivity contribution in [3.05, 3.63) is 18.2 Å². The Bertz CT molecular complexity index is 488. The van der Waals surface area contributed by atoms with Crippen LogP contribution in [0, 0.1) is 5.92 Å². The number of H-pyrrole nitrogens is 1. The maximum absolute atomic E-state index is 12.3. The molecule has 0 saturated carbocycles. The van der Waals surface area contributed by atoms with Gasteiger partial charge in [-0.25, -0.2) is 14.6 Å². The van der Waals surface area contributed by atoms with E-state index in [1.165, 1.54) is 6.33 Å². The Morgan fingerprint density at radius 1 is 1.52 bits per heavy atom. The lowest BCUT2D eigenvalue weighted by molar-refractivity contribution is -0.139. The zero-order chi connectivity index (χ0) is 15.4. The predicted molar refractivity (Wildman–Crippen MR) is 76.8 cm³/mol. The summed E-state index contributed by atoms with van der Waals surface area (Å²) in [6.07, 6.45) is 5.30. The van der Waals surface area contributed by atoms with Crippen LogP contribution >= 0.6 is 0 Å². The molecule has 2 rings (SSSR count). The highest BCUT2D eigenvalue weighted by atomic mass is 16.4. The number of rotatable bonds is 4. The van der Waals surface area contributed by atoms with E-state index < -0.39 is 12.0 Å². The number of nitrogens with one attached hydrogen (secondary N) is 2. The van der Waals surface area contributed by atoms with Gasteiger partial charge in [-0.2, -0.15) is 0 Å². The number of urea groups is 1. The number of carbonyl (C=O) groups excluding carboxylic acids is 1. The molecule has 1 aliphatic heterocycles. The van der Waals surface area contributed by atoms with E-state index in [9.17, 15) is 14.7 Å². The zero-order valence-electron chi connectivity index (χ0n) is 12.4. The first-order valence-corrected chi connectivity index (χ1v) is 7.24. The van der Waals surface area contributed by atoms with Crippen LogP contribution in [-0.4, -0.2) is 50.6 Å². The number of carboxylic acids is 1. The molecule has 1 fully saturated rings. The van der Waals surface area contributed by atoms with Crippen LogP contribution in [0.25, 0.3) is 0 Å². The summed E-state index contributed by atoms with van der Waals surface area (Å²) in [5.74, 6) is -0.599. The van der Waals surface area contributed by atoms with E-state index in [-0.39, 0.29) is 18.5 Å². The van der Waals surface area contributed by atoms with Crippen LogP contribution in [0.15, 0.2) is 12.5 Å². The third-order valence-corrected chi connectivity index (χ3v) is 3.95. The summed E-state index contributed by atoms with van der Waals surface area (Å²) in [7, 11) is 0. The van der Waals surface area contributed by atoms with Gasteiger partial charge in [0.1, 0.15) is 6.04 Å². The monoisotopic (exact) mass is 294 g/mol. The van der Waals surface area contributed by atoms with Crippen molar-refractivity contribution in [1.82, 2.24) is 20.2 Å². The minimum atomic E-state index is -1.05. The van der Waals surface area contributed by atoms with Gasteiger partial charge in [0, 0.05) is 30.9 Å². The zero-order valence-corrected chi connectivity index (χ0v) is 12.4. The molecule has 0 radical (unpaired) electrons. The molecular formula is C14H22N4O3. The summed E-state index contributed by atoms with van der Waals surface area (Å²) in [4.78, 5) is 32.1. The molecule has 2 heterocycles. The third kappa shape index (κ3) is 3.96. The first-order valence-electron chi connectivity index (χ1n) is 7.24. The largest absolute Gasteiger partial charge is 0.480 e. The molecule has 7 nitrogen and oxygen atoms in total. The third-order valence-electron chi connectivity index (χ3n) is 3.95. The molecule has 0 aromatic carbocycles. The van der Waals surface area contributed by atoms with Crippen LogP contribution in [0.4, 0.5) is 4.79 Å². The lowest BCUT2D eigenvalue weighted by Gasteiger charge is -2.37. The van der Waals surface area contributed by atoms with Crippen molar-refractivity contribution in [3.8, 4) is 0 Å². The van der Waals surface area contributed by atoms with E-state index in [0.29, 0.717) is 18.2 Å². The van der Waals surface area contributed by atoms with Crippen molar-refractivity contribution in [2.75, 3.05) is 6.54 Å². The van der Waals surface area contributed by atoms with Gasteiger partial charge in [0.15, 0.2) is 0 Å². The summed E-state index contributed by atoms with van der Waals surface area (Å²) < 4.78 is 0. The molecule has 2 unspecified atom stereocenters. The molecule has 0 spiro atoms. The number of aliphatic carboxylic acids is 1. The number of imidazole rings is 1. The van der Waals surface area contributed by atoms with Crippen molar-refractivity contribution in [1.29, 1.82) is 0 Å². The van der Waals surface area contributed by atoms with E-state index >= 15 is 0 Å². The number of nitrogens with zero attached hydrogens (tertiary/aromatic N) is 2. The number of amides is 2. The molecule has 1 aromatic heterocycles. The average molecular weight is 294 g/mol. The fourth-order valence-corrected chi connectivity index (χ4v) is 2.62. The second-order valence-corrected chi connectivity index (χ2v) is 5.81. The first kappa shape index (κ1) is 15.3. The van der Waals surface area contributed by atoms with E-state index in [1.54, 1.807) is 11.1 Å². The van der Waals surface area contributed by atoms with Crippen molar-refractivity contribution in [3.63, 3.8) is 0 Å². The molecule has 3 atom stereocenters. The Kier molecular flexibility index (Phi) is 4.82. The first-order chi connectivity index (χ1) is 9.97. The lowest BCUT2D eigenvalue weighted by Crippen LogP contribution is -2.54. The smallest absolute Gasteiger partial charge is 0.326 e. The second-order valence-electron chi connectivity index (χ2n) is 5.81. The minimum Gasteiger partial charge on any atom is -0.480 e. The number of aromatic nitrogens is 2. The molecule has 0 bridgehead atoms. The highest BCUT2D eigenvalue weighted by molar-refractivity contribution is 5.83. The molecule has 7 heteroatoms. The van der Waals surface area contributed by atoms with Crippen LogP contribution < -0.4 is 5.32 Å². The van der Waals surface area contributed by atoms with Crippen LogP contribution in [0.1, 0.15) is 32.4 Å². The SMILES string of the molecule is CC1CCC(C)N(C(=O)N[C@@H](Cc2cnc[nH]2)C(=O)O)C1. The van der Waals surface area contributed by atoms with Crippen LogP contribution in [0.5, 0.6) is 0 Å². The maximum atomic E-state index is 12.3. The van der Waals surface area contributed by atoms with E-state index in [2.05, 4.69) is 22.2 Å². The standard InChI is InChI=1S/C14H22N4O3/c1-9-3-4-10(2)18(7-9)14(21)17-12(13(19)20)5-11-6-15-8-16-11/h6,8-10,12H,3-5,7H2,1-2H3,(H,15,16)(H,17,21)(H,19,20)/t9?,10?,12-/m0/s1. The van der Waals surface area contributed by atoms with Gasteiger partial charge in [0.2, 0.25) is 0 Å². The molecule has 0 aliphatic carbocycles. The predicted octanol–water partition coefficient (Wildman–Crippen LogP) is 1.24. The topological polar surface area (TPSA) is 98.3 Å². The van der Waals surface area contributed by atoms with E-state index in [4.69, 9.17) is 0 Å². The summed E-state index contributed by atoms with van der Waals surface area (Å²) >= 11 is 0. The summed E-state index contributed by atoms with van der Waals surface area (Å²) in [5, 5.41) is 11.9. The average Bonchev–Trinajstić information content (AvgIpc) is 2.93. The Labute approximate surface area is 123 Å². The van der Waals surface area contributed by atoms with Crippen molar-refractivity contribution in [2.24, 2.45) is 5.92 Å². The normalized spacial score (nSPS) is 23.6. The Hall–Kier alpha value is -2.05.